The number of allylic oxidation sites excluding steroid dienone is 7. The van der Waals surface area contributed by atoms with Gasteiger partial charge in [0.2, 0.25) is 0 Å². The van der Waals surface area contributed by atoms with E-state index in [-0.39, 0.29) is 24.2 Å². The number of fused-ring (bicyclic) bond motifs is 3. The smallest absolute Gasteiger partial charge is 0.0682 e. The van der Waals surface area contributed by atoms with E-state index in [4.69, 9.17) is 11.5 Å². The zero-order chi connectivity index (χ0) is 41.4. The van der Waals surface area contributed by atoms with Gasteiger partial charge in [-0.3, -0.25) is 4.98 Å². The van der Waals surface area contributed by atoms with E-state index in [9.17, 15) is 0 Å². The Morgan fingerprint density at radius 2 is 1.41 bits per heavy atom. The number of nitrogens with zero attached hydrogens (tertiary/aromatic N) is 1. The van der Waals surface area contributed by atoms with Crippen LogP contribution in [0.15, 0.2) is 181 Å². The first-order chi connectivity index (χ1) is 28.7. The number of hydrogen-bond donors (Lipinski definition) is 4. The third kappa shape index (κ3) is 9.41. The highest BCUT2D eigenvalue weighted by Gasteiger charge is 2.37. The van der Waals surface area contributed by atoms with Crippen molar-refractivity contribution < 1.29 is 0 Å². The summed E-state index contributed by atoms with van der Waals surface area (Å²) >= 11 is 0. The number of aromatic nitrogens is 1. The summed E-state index contributed by atoms with van der Waals surface area (Å²) in [7, 11) is 0. The van der Waals surface area contributed by atoms with E-state index in [1.807, 2.05) is 36.4 Å². The van der Waals surface area contributed by atoms with Crippen LogP contribution >= 0.6 is 0 Å². The second kappa shape index (κ2) is 18.6. The summed E-state index contributed by atoms with van der Waals surface area (Å²) in [5.41, 5.74) is 40.9. The molecule has 1 heterocycles. The molecule has 8 N–H and O–H groups in total. The molecule has 0 radical (unpaired) electrons. The Bertz CT molecular complexity index is 2540. The molecule has 0 aliphatic heterocycles. The topological polar surface area (TPSA) is 117 Å². The lowest BCUT2D eigenvalue weighted by Crippen LogP contribution is -2.17. The highest BCUT2D eigenvalue weighted by molar-refractivity contribution is 5.89. The summed E-state index contributed by atoms with van der Waals surface area (Å²) in [4.78, 5) is 4.53. The first-order valence-electron chi connectivity index (χ1n) is 20.5. The first-order valence-corrected chi connectivity index (χ1v) is 20.5. The third-order valence-electron chi connectivity index (χ3n) is 11.4. The fraction of sp³-hybridized carbons (Fsp3) is 0.167. The molecule has 5 aromatic carbocycles. The summed E-state index contributed by atoms with van der Waals surface area (Å²) in [6, 6.07) is 46.6. The van der Waals surface area contributed by atoms with Crippen LogP contribution in [0.5, 0.6) is 0 Å². The van der Waals surface area contributed by atoms with E-state index in [2.05, 4.69) is 177 Å². The molecule has 0 fully saturated rings. The Labute approximate surface area is 350 Å². The molecule has 2 atom stereocenters. The van der Waals surface area contributed by atoms with Gasteiger partial charge in [-0.15, -0.1) is 0 Å². The van der Waals surface area contributed by atoms with Crippen LogP contribution in [-0.2, 0) is 5.41 Å². The summed E-state index contributed by atoms with van der Waals surface area (Å²) in [5, 5.41) is 0. The number of hydrogen-bond acceptors (Lipinski definition) is 5. The average Bonchev–Trinajstić information content (AvgIpc) is 3.50. The Balaban J connectivity index is 0.000000469. The molecule has 2 unspecified atom stereocenters. The monoisotopic (exact) mass is 773 g/mol. The fourth-order valence-electron chi connectivity index (χ4n) is 8.25. The minimum atomic E-state index is -0.291. The van der Waals surface area contributed by atoms with Gasteiger partial charge in [-0.2, -0.15) is 0 Å². The molecule has 0 bridgehead atoms. The van der Waals surface area contributed by atoms with Gasteiger partial charge >= 0.3 is 0 Å². The van der Waals surface area contributed by atoms with Crippen molar-refractivity contribution in [2.45, 2.75) is 51.1 Å². The van der Waals surface area contributed by atoms with Crippen molar-refractivity contribution in [3.63, 3.8) is 0 Å². The van der Waals surface area contributed by atoms with Gasteiger partial charge in [0.05, 0.1) is 17.8 Å². The highest BCUT2D eigenvalue weighted by Crippen LogP contribution is 2.51. The molecule has 0 amide bonds. The number of pyridine rings is 1. The number of nitrogens with two attached hydrogens (primary N) is 4. The number of benzene rings is 5. The van der Waals surface area contributed by atoms with Crippen molar-refractivity contribution in [1.82, 2.24) is 4.98 Å². The van der Waals surface area contributed by atoms with E-state index in [1.165, 1.54) is 39.0 Å². The van der Waals surface area contributed by atoms with Crippen LogP contribution in [0.3, 0.4) is 0 Å². The van der Waals surface area contributed by atoms with Crippen LogP contribution in [0, 0.1) is 6.92 Å². The van der Waals surface area contributed by atoms with Crippen molar-refractivity contribution in [2.24, 2.45) is 22.9 Å². The Morgan fingerprint density at radius 1 is 0.712 bits per heavy atom. The lowest BCUT2D eigenvalue weighted by Gasteiger charge is -2.25. The van der Waals surface area contributed by atoms with Crippen LogP contribution < -0.4 is 22.9 Å². The van der Waals surface area contributed by atoms with E-state index in [1.54, 1.807) is 11.8 Å². The summed E-state index contributed by atoms with van der Waals surface area (Å²) in [5.74, 6) is 0. The van der Waals surface area contributed by atoms with Crippen molar-refractivity contribution in [1.29, 1.82) is 0 Å². The maximum atomic E-state index is 7.10. The zero-order valence-electron chi connectivity index (χ0n) is 34.4. The largest absolute Gasteiger partial charge is 0.320 e. The van der Waals surface area contributed by atoms with Crippen LogP contribution in [0.1, 0.15) is 83.4 Å². The van der Waals surface area contributed by atoms with Gasteiger partial charge in [-0.25, -0.2) is 0 Å². The predicted octanol–water partition coefficient (Wildman–Crippen LogP) is 11.4. The van der Waals surface area contributed by atoms with Gasteiger partial charge in [-0.05, 0) is 123 Å². The molecular formula is C54H55N5. The SMILES string of the molecule is CC1(C)C2=C(C=CCC2)c2cc(-c3cc(/C=C4/C=C\c5cccnc5C(N)\C=C/4)cc(C(N)c4ccc(-c5ccccc5)cc4)c3)ccc21.Cc1ccccc1.NCN. The quantitative estimate of drug-likeness (QED) is 0.130. The van der Waals surface area contributed by atoms with E-state index >= 15 is 0 Å². The molecule has 5 heteroatoms. The molecule has 3 aliphatic rings. The van der Waals surface area contributed by atoms with Crippen molar-refractivity contribution in [3.05, 3.63) is 226 Å². The second-order valence-electron chi connectivity index (χ2n) is 15.8. The molecular weight excluding hydrogens is 719 g/mol. The van der Waals surface area contributed by atoms with Gasteiger partial charge in [0.1, 0.15) is 0 Å². The normalized spacial score (nSPS) is 18.1. The predicted molar refractivity (Wildman–Crippen MR) is 250 cm³/mol. The molecule has 296 valence electrons. The molecule has 3 aliphatic carbocycles. The van der Waals surface area contributed by atoms with Crippen molar-refractivity contribution in [2.75, 3.05) is 6.67 Å². The first kappa shape index (κ1) is 41.0. The molecule has 9 rings (SSSR count). The highest BCUT2D eigenvalue weighted by atomic mass is 14.8. The van der Waals surface area contributed by atoms with Crippen LogP contribution in [0.2, 0.25) is 0 Å². The van der Waals surface area contributed by atoms with Gasteiger partial charge < -0.3 is 22.9 Å². The summed E-state index contributed by atoms with van der Waals surface area (Å²) in [6.45, 7) is 7.08. The molecule has 0 saturated carbocycles. The Kier molecular flexibility index (Phi) is 12.9. The third-order valence-corrected chi connectivity index (χ3v) is 11.4. The lowest BCUT2D eigenvalue weighted by molar-refractivity contribution is 0.607. The summed E-state index contributed by atoms with van der Waals surface area (Å²) in [6.07, 6.45) is 19.3. The van der Waals surface area contributed by atoms with Crippen LogP contribution in [-0.4, -0.2) is 11.7 Å². The molecule has 59 heavy (non-hydrogen) atoms. The number of rotatable bonds is 5. The molecule has 1 aromatic heterocycles. The van der Waals surface area contributed by atoms with Gasteiger partial charge in [0.15, 0.2) is 0 Å². The standard InChI is InChI=1S/C46H41N3.C7H8.CH6N2/c1-46(2)41-13-7-6-12-39(41)40-29-36(21-22-42(40)46)37-26-31(25-30-14-16-35-11-8-24-49-45(35)43(47)23-15-30)27-38(28-37)44(48)34-19-17-33(18-20-34)32-9-4-3-5-10-32;1-7-5-3-2-4-6-7;2-1-3/h3-6,8-12,14-29,43-44H,7,13,47-48H2,1-2H3;2-6H,1H3;1-3H2/b16-14-,23-15-,30-25-;;. The van der Waals surface area contributed by atoms with Crippen molar-refractivity contribution >= 4 is 17.7 Å². The van der Waals surface area contributed by atoms with Gasteiger partial charge in [0, 0.05) is 18.3 Å². The van der Waals surface area contributed by atoms with E-state index < -0.39 is 0 Å². The minimum Gasteiger partial charge on any atom is -0.320 e. The molecule has 5 nitrogen and oxygen atoms in total. The molecule has 0 spiro atoms. The Morgan fingerprint density at radius 3 is 2.12 bits per heavy atom. The van der Waals surface area contributed by atoms with Crippen molar-refractivity contribution in [3.8, 4) is 22.3 Å². The number of aryl methyl sites for hydroxylation is 1. The maximum absolute atomic E-state index is 7.10. The minimum absolute atomic E-state index is 0.0471. The lowest BCUT2D eigenvalue weighted by atomic mass is 9.78. The zero-order valence-corrected chi connectivity index (χ0v) is 34.4. The van der Waals surface area contributed by atoms with Gasteiger partial charge in [0.25, 0.3) is 0 Å². The second-order valence-corrected chi connectivity index (χ2v) is 15.8. The van der Waals surface area contributed by atoms with Crippen LogP contribution in [0.25, 0.3) is 40.0 Å². The van der Waals surface area contributed by atoms with Gasteiger partial charge in [-0.1, -0.05) is 165 Å². The average molecular weight is 774 g/mol. The van der Waals surface area contributed by atoms with E-state index in [0.29, 0.717) is 0 Å². The Hall–Kier alpha value is -6.21. The molecule has 0 saturated heterocycles. The fourth-order valence-corrected chi connectivity index (χ4v) is 8.25. The van der Waals surface area contributed by atoms with E-state index in [0.717, 1.165) is 51.9 Å². The summed E-state index contributed by atoms with van der Waals surface area (Å²) < 4.78 is 0. The molecule has 6 aromatic rings. The van der Waals surface area contributed by atoms with Crippen LogP contribution in [0.4, 0.5) is 0 Å². The maximum Gasteiger partial charge on any atom is 0.0682 e.